The first-order chi connectivity index (χ1) is 15.1. The Morgan fingerprint density at radius 2 is 1.72 bits per heavy atom. The Kier molecular flexibility index (Phi) is 6.63. The number of aromatic carboxylic acids is 1. The van der Waals surface area contributed by atoms with Crippen molar-refractivity contribution in [1.29, 1.82) is 0 Å². The quantitative estimate of drug-likeness (QED) is 0.496. The molecule has 0 spiro atoms. The van der Waals surface area contributed by atoms with Gasteiger partial charge in [-0.1, -0.05) is 42.5 Å². The molecule has 1 atom stereocenters. The van der Waals surface area contributed by atoms with Gasteiger partial charge in [0.1, 0.15) is 5.60 Å². The zero-order valence-corrected chi connectivity index (χ0v) is 19.0. The molecule has 0 bridgehead atoms. The van der Waals surface area contributed by atoms with Gasteiger partial charge < -0.3 is 15.2 Å². The SMILES string of the molecule is Cc1cc(NC(C(=O)OC(C)(C)C)c2ncccc2C)c(C(=O)O)c(-c2ccccc2)c1. The average Bonchev–Trinajstić information content (AvgIpc) is 2.71. The number of nitrogens with zero attached hydrogens (tertiary/aromatic N) is 1. The summed E-state index contributed by atoms with van der Waals surface area (Å²) in [6.45, 7) is 9.10. The Bertz CT molecular complexity index is 1130. The Labute approximate surface area is 188 Å². The molecule has 6 heteroatoms. The average molecular weight is 433 g/mol. The van der Waals surface area contributed by atoms with E-state index in [1.54, 1.807) is 39.1 Å². The molecule has 1 unspecified atom stereocenters. The third kappa shape index (κ3) is 5.32. The molecule has 3 rings (SSSR count). The van der Waals surface area contributed by atoms with Gasteiger partial charge in [0, 0.05) is 6.20 Å². The molecule has 166 valence electrons. The van der Waals surface area contributed by atoms with Crippen molar-refractivity contribution in [2.75, 3.05) is 5.32 Å². The normalized spacial score (nSPS) is 12.2. The number of carboxylic acid groups (broad SMARTS) is 1. The number of ether oxygens (including phenoxy) is 1. The first-order valence-electron chi connectivity index (χ1n) is 10.4. The highest BCUT2D eigenvalue weighted by Crippen LogP contribution is 2.34. The Morgan fingerprint density at radius 1 is 1.03 bits per heavy atom. The van der Waals surface area contributed by atoms with E-state index in [9.17, 15) is 14.7 Å². The third-order valence-corrected chi connectivity index (χ3v) is 4.85. The summed E-state index contributed by atoms with van der Waals surface area (Å²) < 4.78 is 5.64. The van der Waals surface area contributed by atoms with Gasteiger partial charge in [-0.3, -0.25) is 4.98 Å². The minimum absolute atomic E-state index is 0.0870. The zero-order chi connectivity index (χ0) is 23.5. The summed E-state index contributed by atoms with van der Waals surface area (Å²) in [6, 6.07) is 15.5. The standard InChI is InChI=1S/C26H28N2O4/c1-16-14-19(18-11-7-6-8-12-18)21(24(29)30)20(15-16)28-23(25(31)32-26(3,4)5)22-17(2)10-9-13-27-22/h6-15,23,28H,1-5H3,(H,29,30). The molecule has 0 aliphatic heterocycles. The molecule has 32 heavy (non-hydrogen) atoms. The van der Waals surface area contributed by atoms with Crippen LogP contribution in [0.2, 0.25) is 0 Å². The number of rotatable bonds is 6. The number of nitrogens with one attached hydrogen (secondary N) is 1. The van der Waals surface area contributed by atoms with Crippen LogP contribution in [-0.2, 0) is 9.53 Å². The summed E-state index contributed by atoms with van der Waals surface area (Å²) in [5, 5.41) is 13.2. The highest BCUT2D eigenvalue weighted by atomic mass is 16.6. The van der Waals surface area contributed by atoms with E-state index >= 15 is 0 Å². The van der Waals surface area contributed by atoms with Crippen LogP contribution in [0.4, 0.5) is 5.69 Å². The smallest absolute Gasteiger partial charge is 0.338 e. The summed E-state index contributed by atoms with van der Waals surface area (Å²) in [7, 11) is 0. The largest absolute Gasteiger partial charge is 0.478 e. The van der Waals surface area contributed by atoms with E-state index in [0.29, 0.717) is 16.9 Å². The molecule has 0 saturated carbocycles. The molecule has 0 aliphatic carbocycles. The van der Waals surface area contributed by atoms with Gasteiger partial charge in [0.15, 0.2) is 6.04 Å². The number of aromatic nitrogens is 1. The van der Waals surface area contributed by atoms with Gasteiger partial charge in [0.2, 0.25) is 0 Å². The molecule has 0 amide bonds. The number of hydrogen-bond acceptors (Lipinski definition) is 5. The molecule has 0 aliphatic rings. The Hall–Kier alpha value is -3.67. The molecule has 0 fully saturated rings. The van der Waals surface area contributed by atoms with E-state index in [4.69, 9.17) is 4.74 Å². The van der Waals surface area contributed by atoms with Crippen LogP contribution in [-0.4, -0.2) is 27.6 Å². The van der Waals surface area contributed by atoms with Crippen molar-refractivity contribution in [3.05, 3.63) is 83.2 Å². The maximum Gasteiger partial charge on any atom is 0.338 e. The molecule has 0 saturated heterocycles. The van der Waals surface area contributed by atoms with Crippen LogP contribution in [0, 0.1) is 13.8 Å². The lowest BCUT2D eigenvalue weighted by Gasteiger charge is -2.26. The van der Waals surface area contributed by atoms with E-state index in [1.165, 1.54) is 0 Å². The number of anilines is 1. The van der Waals surface area contributed by atoms with Crippen molar-refractivity contribution in [2.24, 2.45) is 0 Å². The summed E-state index contributed by atoms with van der Waals surface area (Å²) in [5.74, 6) is -1.62. The van der Waals surface area contributed by atoms with Gasteiger partial charge in [0.25, 0.3) is 0 Å². The van der Waals surface area contributed by atoms with Gasteiger partial charge in [-0.2, -0.15) is 0 Å². The van der Waals surface area contributed by atoms with E-state index in [1.807, 2.05) is 56.3 Å². The number of esters is 1. The number of pyridine rings is 1. The van der Waals surface area contributed by atoms with Crippen LogP contribution in [0.1, 0.15) is 54.0 Å². The second-order valence-corrected chi connectivity index (χ2v) is 8.72. The fourth-order valence-corrected chi connectivity index (χ4v) is 3.53. The van der Waals surface area contributed by atoms with Gasteiger partial charge in [0.05, 0.1) is 16.9 Å². The number of benzene rings is 2. The first kappa shape index (κ1) is 23.0. The Morgan fingerprint density at radius 3 is 2.31 bits per heavy atom. The maximum absolute atomic E-state index is 13.2. The van der Waals surface area contributed by atoms with Gasteiger partial charge in [-0.25, -0.2) is 9.59 Å². The second kappa shape index (κ2) is 9.22. The zero-order valence-electron chi connectivity index (χ0n) is 19.0. The second-order valence-electron chi connectivity index (χ2n) is 8.72. The van der Waals surface area contributed by atoms with Crippen LogP contribution in [0.25, 0.3) is 11.1 Å². The van der Waals surface area contributed by atoms with Crippen LogP contribution >= 0.6 is 0 Å². The summed E-state index contributed by atoms with van der Waals surface area (Å²) in [5.41, 5.74) is 3.19. The lowest BCUT2D eigenvalue weighted by Crippen LogP contribution is -2.32. The van der Waals surface area contributed by atoms with Crippen molar-refractivity contribution >= 4 is 17.6 Å². The predicted molar refractivity (Wildman–Crippen MR) is 125 cm³/mol. The topological polar surface area (TPSA) is 88.5 Å². The summed E-state index contributed by atoms with van der Waals surface area (Å²) in [6.07, 6.45) is 1.60. The molecule has 0 radical (unpaired) electrons. The highest BCUT2D eigenvalue weighted by Gasteiger charge is 2.31. The molecule has 1 aromatic heterocycles. The predicted octanol–water partition coefficient (Wildman–Crippen LogP) is 5.56. The molecule has 2 N–H and O–H groups in total. The van der Waals surface area contributed by atoms with Crippen molar-refractivity contribution < 1.29 is 19.4 Å². The van der Waals surface area contributed by atoms with Crippen molar-refractivity contribution in [2.45, 2.75) is 46.3 Å². The number of carbonyl (C=O) groups excluding carboxylic acids is 1. The van der Waals surface area contributed by atoms with Crippen LogP contribution < -0.4 is 5.32 Å². The minimum Gasteiger partial charge on any atom is -0.478 e. The van der Waals surface area contributed by atoms with E-state index in [0.717, 1.165) is 16.7 Å². The fraction of sp³-hybridized carbons (Fsp3) is 0.269. The van der Waals surface area contributed by atoms with Crippen LogP contribution in [0.3, 0.4) is 0 Å². The maximum atomic E-state index is 13.2. The van der Waals surface area contributed by atoms with E-state index in [-0.39, 0.29) is 5.56 Å². The van der Waals surface area contributed by atoms with Crippen molar-refractivity contribution in [3.63, 3.8) is 0 Å². The van der Waals surface area contributed by atoms with Crippen molar-refractivity contribution in [1.82, 2.24) is 4.98 Å². The lowest BCUT2D eigenvalue weighted by atomic mass is 9.95. The molecular weight excluding hydrogens is 404 g/mol. The molecule has 1 heterocycles. The highest BCUT2D eigenvalue weighted by molar-refractivity contribution is 6.02. The molecule has 3 aromatic rings. The number of carbonyl (C=O) groups is 2. The van der Waals surface area contributed by atoms with Crippen LogP contribution in [0.5, 0.6) is 0 Å². The molecule has 2 aromatic carbocycles. The number of carboxylic acids is 1. The number of hydrogen-bond donors (Lipinski definition) is 2. The lowest BCUT2D eigenvalue weighted by molar-refractivity contribution is -0.156. The van der Waals surface area contributed by atoms with Gasteiger partial charge >= 0.3 is 11.9 Å². The summed E-state index contributed by atoms with van der Waals surface area (Å²) >= 11 is 0. The van der Waals surface area contributed by atoms with E-state index in [2.05, 4.69) is 10.3 Å². The van der Waals surface area contributed by atoms with Crippen molar-refractivity contribution in [3.8, 4) is 11.1 Å². The summed E-state index contributed by atoms with van der Waals surface area (Å²) in [4.78, 5) is 29.9. The minimum atomic E-state index is -1.09. The fourth-order valence-electron chi connectivity index (χ4n) is 3.53. The van der Waals surface area contributed by atoms with Gasteiger partial charge in [-0.15, -0.1) is 0 Å². The van der Waals surface area contributed by atoms with Gasteiger partial charge in [-0.05, 0) is 69.0 Å². The monoisotopic (exact) mass is 432 g/mol. The van der Waals surface area contributed by atoms with Crippen LogP contribution in [0.15, 0.2) is 60.8 Å². The molecular formula is C26H28N2O4. The molecule has 6 nitrogen and oxygen atoms in total. The number of aryl methyl sites for hydroxylation is 2. The first-order valence-corrected chi connectivity index (χ1v) is 10.4. The third-order valence-electron chi connectivity index (χ3n) is 4.85. The van der Waals surface area contributed by atoms with E-state index < -0.39 is 23.6 Å². The Balaban J connectivity index is 2.16.